The Balaban J connectivity index is 1.86. The molecule has 2 rings (SSSR count). The largest absolute Gasteiger partial charge is 0.491 e. The number of aliphatic hydroxyl groups excluding tert-OH is 1. The first-order valence-corrected chi connectivity index (χ1v) is 7.37. The number of aromatic nitrogens is 1. The zero-order chi connectivity index (χ0) is 15.8. The number of aliphatic hydroxyl groups is 1. The molecule has 0 unspecified atom stereocenters. The van der Waals surface area contributed by atoms with E-state index in [4.69, 9.17) is 21.4 Å². The maximum atomic E-state index is 13.0. The van der Waals surface area contributed by atoms with Gasteiger partial charge in [0, 0.05) is 32.0 Å². The predicted molar refractivity (Wildman–Crippen MR) is 83.5 cm³/mol. The van der Waals surface area contributed by atoms with Crippen LogP contribution in [0.25, 0.3) is 0 Å². The first-order chi connectivity index (χ1) is 10.7. The number of ether oxygens (including phenoxy) is 1. The lowest BCUT2D eigenvalue weighted by molar-refractivity contribution is 0.163. The molecule has 0 aliphatic carbocycles. The number of hydrogen-bond acceptors (Lipinski definition) is 4. The van der Waals surface area contributed by atoms with Crippen LogP contribution in [-0.4, -0.2) is 41.3 Å². The first kappa shape index (κ1) is 16.7. The number of rotatable bonds is 8. The molecule has 0 bridgehead atoms. The molecule has 1 heterocycles. The van der Waals surface area contributed by atoms with Crippen molar-refractivity contribution in [2.75, 3.05) is 26.3 Å². The summed E-state index contributed by atoms with van der Waals surface area (Å²) in [5.74, 6) is 0.0595. The smallest absolute Gasteiger partial charge is 0.138 e. The fraction of sp³-hybridized carbons (Fsp3) is 0.312. The molecule has 0 fully saturated rings. The molecule has 118 valence electrons. The molecule has 4 nitrogen and oxygen atoms in total. The SMILES string of the molecule is OCCN(CCOc1ccc(F)cc1Cl)Cc1cccnc1. The normalized spacial score (nSPS) is 10.9. The van der Waals surface area contributed by atoms with Gasteiger partial charge in [0.25, 0.3) is 0 Å². The molecule has 2 aromatic rings. The molecule has 0 amide bonds. The van der Waals surface area contributed by atoms with Crippen LogP contribution < -0.4 is 4.74 Å². The van der Waals surface area contributed by atoms with Crippen molar-refractivity contribution < 1.29 is 14.2 Å². The van der Waals surface area contributed by atoms with Crippen molar-refractivity contribution in [1.82, 2.24) is 9.88 Å². The second kappa shape index (κ2) is 8.68. The highest BCUT2D eigenvalue weighted by Gasteiger charge is 2.08. The van der Waals surface area contributed by atoms with E-state index in [1.807, 2.05) is 12.1 Å². The van der Waals surface area contributed by atoms with Crippen molar-refractivity contribution in [1.29, 1.82) is 0 Å². The molecule has 0 aliphatic heterocycles. The van der Waals surface area contributed by atoms with Gasteiger partial charge < -0.3 is 9.84 Å². The van der Waals surface area contributed by atoms with Crippen molar-refractivity contribution in [3.05, 3.63) is 59.1 Å². The molecule has 0 saturated heterocycles. The van der Waals surface area contributed by atoms with Crippen molar-refractivity contribution >= 4 is 11.6 Å². The maximum Gasteiger partial charge on any atom is 0.138 e. The van der Waals surface area contributed by atoms with Gasteiger partial charge in [-0.1, -0.05) is 17.7 Å². The van der Waals surface area contributed by atoms with E-state index in [9.17, 15) is 4.39 Å². The lowest BCUT2D eigenvalue weighted by Crippen LogP contribution is -2.30. The summed E-state index contributed by atoms with van der Waals surface area (Å²) in [5, 5.41) is 9.40. The molecule has 1 aromatic carbocycles. The third-order valence-corrected chi connectivity index (χ3v) is 3.40. The van der Waals surface area contributed by atoms with E-state index in [1.165, 1.54) is 18.2 Å². The summed E-state index contributed by atoms with van der Waals surface area (Å²) >= 11 is 5.91. The van der Waals surface area contributed by atoms with Crippen molar-refractivity contribution in [2.24, 2.45) is 0 Å². The molecule has 1 aromatic heterocycles. The lowest BCUT2D eigenvalue weighted by Gasteiger charge is -2.21. The lowest BCUT2D eigenvalue weighted by atomic mass is 10.2. The quantitative estimate of drug-likeness (QED) is 0.811. The van der Waals surface area contributed by atoms with E-state index < -0.39 is 5.82 Å². The van der Waals surface area contributed by atoms with Gasteiger partial charge in [-0.25, -0.2) is 4.39 Å². The fourth-order valence-electron chi connectivity index (χ4n) is 2.04. The highest BCUT2D eigenvalue weighted by molar-refractivity contribution is 6.32. The molecule has 0 saturated carbocycles. The van der Waals surface area contributed by atoms with Crippen molar-refractivity contribution in [3.63, 3.8) is 0 Å². The summed E-state index contributed by atoms with van der Waals surface area (Å²) in [5.41, 5.74) is 1.07. The van der Waals surface area contributed by atoms with Gasteiger partial charge in [0.05, 0.1) is 11.6 Å². The van der Waals surface area contributed by atoms with Crippen LogP contribution in [0.3, 0.4) is 0 Å². The van der Waals surface area contributed by atoms with E-state index in [0.717, 1.165) is 5.56 Å². The van der Waals surface area contributed by atoms with Gasteiger partial charge in [-0.05, 0) is 29.8 Å². The molecule has 22 heavy (non-hydrogen) atoms. The van der Waals surface area contributed by atoms with Crippen LogP contribution in [-0.2, 0) is 6.54 Å². The summed E-state index contributed by atoms with van der Waals surface area (Å²) in [7, 11) is 0. The zero-order valence-corrected chi connectivity index (χ0v) is 12.8. The highest BCUT2D eigenvalue weighted by atomic mass is 35.5. The van der Waals surface area contributed by atoms with Gasteiger partial charge in [-0.3, -0.25) is 9.88 Å². The van der Waals surface area contributed by atoms with Gasteiger partial charge in [0.1, 0.15) is 18.2 Å². The summed E-state index contributed by atoms with van der Waals surface area (Å²) in [6, 6.07) is 7.89. The van der Waals surface area contributed by atoms with E-state index in [0.29, 0.717) is 32.0 Å². The Morgan fingerprint density at radius 3 is 2.82 bits per heavy atom. The fourth-order valence-corrected chi connectivity index (χ4v) is 2.26. The van der Waals surface area contributed by atoms with Crippen LogP contribution in [0.5, 0.6) is 5.75 Å². The minimum absolute atomic E-state index is 0.0670. The second-order valence-electron chi connectivity index (χ2n) is 4.78. The number of hydrogen-bond donors (Lipinski definition) is 1. The minimum atomic E-state index is -0.393. The highest BCUT2D eigenvalue weighted by Crippen LogP contribution is 2.24. The molecule has 0 radical (unpaired) electrons. The summed E-state index contributed by atoms with van der Waals surface area (Å²) in [6.07, 6.45) is 3.52. The van der Waals surface area contributed by atoms with Gasteiger partial charge in [-0.2, -0.15) is 0 Å². The van der Waals surface area contributed by atoms with Crippen LogP contribution in [0.4, 0.5) is 4.39 Å². The molecular weight excluding hydrogens is 307 g/mol. The molecule has 0 spiro atoms. The van der Waals surface area contributed by atoms with E-state index in [1.54, 1.807) is 12.4 Å². The monoisotopic (exact) mass is 324 g/mol. The Bertz CT molecular complexity index is 584. The van der Waals surface area contributed by atoms with Crippen LogP contribution in [0.1, 0.15) is 5.56 Å². The summed E-state index contributed by atoms with van der Waals surface area (Å²) in [4.78, 5) is 6.12. The van der Waals surface area contributed by atoms with E-state index in [-0.39, 0.29) is 11.6 Å². The molecule has 6 heteroatoms. The second-order valence-corrected chi connectivity index (χ2v) is 5.19. The third kappa shape index (κ3) is 5.26. The van der Waals surface area contributed by atoms with Crippen LogP contribution in [0.15, 0.2) is 42.7 Å². The van der Waals surface area contributed by atoms with Gasteiger partial charge in [0.15, 0.2) is 0 Å². The van der Waals surface area contributed by atoms with Crippen LogP contribution in [0, 0.1) is 5.82 Å². The molecule has 1 N–H and O–H groups in total. The summed E-state index contributed by atoms with van der Waals surface area (Å²) in [6.45, 7) is 2.29. The van der Waals surface area contributed by atoms with Gasteiger partial charge in [-0.15, -0.1) is 0 Å². The van der Waals surface area contributed by atoms with Crippen LogP contribution in [0.2, 0.25) is 5.02 Å². The Labute approximate surface area is 134 Å². The van der Waals surface area contributed by atoms with E-state index >= 15 is 0 Å². The molecular formula is C16H18ClFN2O2. The van der Waals surface area contributed by atoms with Crippen LogP contribution >= 0.6 is 11.6 Å². The average Bonchev–Trinajstić information content (AvgIpc) is 2.50. The Kier molecular flexibility index (Phi) is 6.58. The number of halogens is 2. The minimum Gasteiger partial charge on any atom is -0.491 e. The van der Waals surface area contributed by atoms with Crippen molar-refractivity contribution in [2.45, 2.75) is 6.54 Å². The first-order valence-electron chi connectivity index (χ1n) is 6.99. The average molecular weight is 325 g/mol. The number of pyridine rings is 1. The maximum absolute atomic E-state index is 13.0. The molecule has 0 atom stereocenters. The Morgan fingerprint density at radius 2 is 2.14 bits per heavy atom. The van der Waals surface area contributed by atoms with E-state index in [2.05, 4.69) is 9.88 Å². The third-order valence-electron chi connectivity index (χ3n) is 3.10. The zero-order valence-electron chi connectivity index (χ0n) is 12.1. The summed E-state index contributed by atoms with van der Waals surface area (Å²) < 4.78 is 18.5. The number of benzene rings is 1. The number of nitrogens with zero attached hydrogens (tertiary/aromatic N) is 2. The van der Waals surface area contributed by atoms with Gasteiger partial charge in [0.2, 0.25) is 0 Å². The Morgan fingerprint density at radius 1 is 1.27 bits per heavy atom. The standard InChI is InChI=1S/C16H18ClFN2O2/c17-15-10-14(18)3-4-16(15)22-9-7-20(6-8-21)12-13-2-1-5-19-11-13/h1-5,10-11,21H,6-9,12H2. The van der Waals surface area contributed by atoms with Gasteiger partial charge >= 0.3 is 0 Å². The predicted octanol–water partition coefficient (Wildman–Crippen LogP) is 2.75. The van der Waals surface area contributed by atoms with Crippen molar-refractivity contribution in [3.8, 4) is 5.75 Å². The Hall–Kier alpha value is -1.69. The topological polar surface area (TPSA) is 45.6 Å². The molecule has 0 aliphatic rings.